The van der Waals surface area contributed by atoms with Crippen LogP contribution in [0.2, 0.25) is 0 Å². The Bertz CT molecular complexity index is 65.7. The standard InChI is InChI=1S/C8H18OS/c1-4-5-7(2)8(9)6-10-3/h7-9H,4-6H2,1-3H3. The van der Waals surface area contributed by atoms with Gasteiger partial charge in [-0.05, 0) is 18.6 Å². The molecule has 1 nitrogen and oxygen atoms in total. The van der Waals surface area contributed by atoms with E-state index < -0.39 is 0 Å². The van der Waals surface area contributed by atoms with Crippen molar-refractivity contribution in [2.75, 3.05) is 12.0 Å². The number of hydrogen-bond acceptors (Lipinski definition) is 2. The molecule has 0 aliphatic rings. The van der Waals surface area contributed by atoms with Crippen LogP contribution in [0.5, 0.6) is 0 Å². The molecule has 10 heavy (non-hydrogen) atoms. The van der Waals surface area contributed by atoms with Crippen molar-refractivity contribution in [2.45, 2.75) is 32.8 Å². The summed E-state index contributed by atoms with van der Waals surface area (Å²) in [5.74, 6) is 1.35. The lowest BCUT2D eigenvalue weighted by molar-refractivity contribution is 0.134. The fraction of sp³-hybridized carbons (Fsp3) is 1.00. The van der Waals surface area contributed by atoms with Gasteiger partial charge < -0.3 is 5.11 Å². The van der Waals surface area contributed by atoms with Crippen LogP contribution in [0.3, 0.4) is 0 Å². The fourth-order valence-corrected chi connectivity index (χ4v) is 1.65. The summed E-state index contributed by atoms with van der Waals surface area (Å²) in [6.07, 6.45) is 4.24. The zero-order valence-corrected chi connectivity index (χ0v) is 7.95. The largest absolute Gasteiger partial charge is 0.392 e. The van der Waals surface area contributed by atoms with E-state index in [9.17, 15) is 5.11 Å². The highest BCUT2D eigenvalue weighted by Gasteiger charge is 2.11. The molecule has 0 saturated carbocycles. The molecule has 0 amide bonds. The van der Waals surface area contributed by atoms with E-state index in [1.807, 2.05) is 6.26 Å². The normalized spacial score (nSPS) is 16.8. The second-order valence-corrected chi connectivity index (χ2v) is 3.70. The van der Waals surface area contributed by atoms with E-state index in [0.717, 1.165) is 12.2 Å². The van der Waals surface area contributed by atoms with Gasteiger partial charge in [-0.25, -0.2) is 0 Å². The van der Waals surface area contributed by atoms with Crippen molar-refractivity contribution < 1.29 is 5.11 Å². The number of hydrogen-bond donors (Lipinski definition) is 1. The summed E-state index contributed by atoms with van der Waals surface area (Å²) in [5, 5.41) is 9.43. The van der Waals surface area contributed by atoms with E-state index in [4.69, 9.17) is 0 Å². The first-order valence-electron chi connectivity index (χ1n) is 3.89. The quantitative estimate of drug-likeness (QED) is 0.668. The SMILES string of the molecule is CCCC(C)C(O)CSC. The molecule has 2 unspecified atom stereocenters. The van der Waals surface area contributed by atoms with Crippen molar-refractivity contribution in [3.05, 3.63) is 0 Å². The molecule has 0 aliphatic heterocycles. The lowest BCUT2D eigenvalue weighted by atomic mass is 10.0. The summed E-state index contributed by atoms with van der Waals surface area (Å²) >= 11 is 1.71. The van der Waals surface area contributed by atoms with Gasteiger partial charge in [0.15, 0.2) is 0 Å². The van der Waals surface area contributed by atoms with Gasteiger partial charge in [0.05, 0.1) is 6.10 Å². The van der Waals surface area contributed by atoms with Crippen LogP contribution in [0.1, 0.15) is 26.7 Å². The highest BCUT2D eigenvalue weighted by atomic mass is 32.2. The van der Waals surface area contributed by atoms with Gasteiger partial charge in [-0.3, -0.25) is 0 Å². The Morgan fingerprint density at radius 3 is 2.50 bits per heavy atom. The van der Waals surface area contributed by atoms with E-state index in [1.54, 1.807) is 11.8 Å². The predicted octanol–water partition coefficient (Wildman–Crippen LogP) is 2.15. The molecule has 0 radical (unpaired) electrons. The average molecular weight is 162 g/mol. The molecule has 62 valence electrons. The van der Waals surface area contributed by atoms with Crippen molar-refractivity contribution in [1.82, 2.24) is 0 Å². The second kappa shape index (κ2) is 6.05. The molecule has 0 aliphatic carbocycles. The lowest BCUT2D eigenvalue weighted by Crippen LogP contribution is -2.19. The van der Waals surface area contributed by atoms with Crippen LogP contribution in [0, 0.1) is 5.92 Å². The van der Waals surface area contributed by atoms with Gasteiger partial charge in [0.2, 0.25) is 0 Å². The Labute approximate surface area is 68.2 Å². The van der Waals surface area contributed by atoms with E-state index in [0.29, 0.717) is 5.92 Å². The van der Waals surface area contributed by atoms with E-state index in [1.165, 1.54) is 6.42 Å². The molecule has 2 atom stereocenters. The highest BCUT2D eigenvalue weighted by Crippen LogP contribution is 2.13. The summed E-state index contributed by atoms with van der Waals surface area (Å²) < 4.78 is 0. The van der Waals surface area contributed by atoms with Gasteiger partial charge in [0.1, 0.15) is 0 Å². The Kier molecular flexibility index (Phi) is 6.24. The molecule has 2 heteroatoms. The van der Waals surface area contributed by atoms with Crippen LogP contribution in [0.15, 0.2) is 0 Å². The first kappa shape index (κ1) is 10.3. The second-order valence-electron chi connectivity index (χ2n) is 2.79. The molecule has 0 saturated heterocycles. The molecule has 0 bridgehead atoms. The molecule has 0 aromatic carbocycles. The summed E-state index contributed by atoms with van der Waals surface area (Å²) in [7, 11) is 0. The number of aliphatic hydroxyl groups excluding tert-OH is 1. The molecule has 0 rings (SSSR count). The summed E-state index contributed by atoms with van der Waals surface area (Å²) in [6, 6.07) is 0. The van der Waals surface area contributed by atoms with Gasteiger partial charge in [0, 0.05) is 5.75 Å². The van der Waals surface area contributed by atoms with Gasteiger partial charge in [-0.15, -0.1) is 0 Å². The van der Waals surface area contributed by atoms with E-state index >= 15 is 0 Å². The van der Waals surface area contributed by atoms with Crippen LogP contribution in [0.25, 0.3) is 0 Å². The molecule has 1 N–H and O–H groups in total. The topological polar surface area (TPSA) is 20.2 Å². The third-order valence-corrected chi connectivity index (χ3v) is 2.41. The van der Waals surface area contributed by atoms with Crippen LogP contribution in [0.4, 0.5) is 0 Å². The lowest BCUT2D eigenvalue weighted by Gasteiger charge is -2.16. The molecule has 0 fully saturated rings. The highest BCUT2D eigenvalue weighted by molar-refractivity contribution is 7.98. The van der Waals surface area contributed by atoms with Crippen molar-refractivity contribution in [3.63, 3.8) is 0 Å². The Hall–Kier alpha value is 0.310. The molecule has 0 heterocycles. The van der Waals surface area contributed by atoms with Gasteiger partial charge in [-0.1, -0.05) is 20.3 Å². The maximum atomic E-state index is 9.43. The van der Waals surface area contributed by atoms with Crippen molar-refractivity contribution in [3.8, 4) is 0 Å². The van der Waals surface area contributed by atoms with Gasteiger partial charge in [0.25, 0.3) is 0 Å². The first-order valence-corrected chi connectivity index (χ1v) is 5.28. The van der Waals surface area contributed by atoms with Crippen LogP contribution < -0.4 is 0 Å². The Morgan fingerprint density at radius 1 is 1.50 bits per heavy atom. The molecule has 0 aromatic rings. The molecular formula is C8H18OS. The Balaban J connectivity index is 3.38. The van der Waals surface area contributed by atoms with Gasteiger partial charge >= 0.3 is 0 Å². The molecule has 0 aromatic heterocycles. The minimum absolute atomic E-state index is 0.102. The summed E-state index contributed by atoms with van der Waals surface area (Å²) in [5.41, 5.74) is 0. The third kappa shape index (κ3) is 4.18. The summed E-state index contributed by atoms with van der Waals surface area (Å²) in [6.45, 7) is 4.27. The zero-order valence-electron chi connectivity index (χ0n) is 7.13. The van der Waals surface area contributed by atoms with Crippen molar-refractivity contribution >= 4 is 11.8 Å². The monoisotopic (exact) mass is 162 g/mol. The van der Waals surface area contributed by atoms with Crippen LogP contribution in [-0.4, -0.2) is 23.2 Å². The van der Waals surface area contributed by atoms with E-state index in [2.05, 4.69) is 13.8 Å². The first-order chi connectivity index (χ1) is 4.72. The zero-order chi connectivity index (χ0) is 7.98. The summed E-state index contributed by atoms with van der Waals surface area (Å²) in [4.78, 5) is 0. The maximum Gasteiger partial charge on any atom is 0.0655 e. The smallest absolute Gasteiger partial charge is 0.0655 e. The predicted molar refractivity (Wildman–Crippen MR) is 48.5 cm³/mol. The minimum Gasteiger partial charge on any atom is -0.392 e. The maximum absolute atomic E-state index is 9.43. The number of thioether (sulfide) groups is 1. The molecular weight excluding hydrogens is 144 g/mol. The van der Waals surface area contributed by atoms with Crippen LogP contribution >= 0.6 is 11.8 Å². The minimum atomic E-state index is -0.102. The third-order valence-electron chi connectivity index (χ3n) is 1.74. The number of aliphatic hydroxyl groups is 1. The van der Waals surface area contributed by atoms with Crippen LogP contribution in [-0.2, 0) is 0 Å². The average Bonchev–Trinajstić information content (AvgIpc) is 1.89. The van der Waals surface area contributed by atoms with E-state index in [-0.39, 0.29) is 6.10 Å². The fourth-order valence-electron chi connectivity index (χ4n) is 0.983. The number of rotatable bonds is 5. The van der Waals surface area contributed by atoms with Crippen molar-refractivity contribution in [1.29, 1.82) is 0 Å². The molecule has 0 spiro atoms. The van der Waals surface area contributed by atoms with Crippen molar-refractivity contribution in [2.24, 2.45) is 5.92 Å². The Morgan fingerprint density at radius 2 is 2.10 bits per heavy atom. The van der Waals surface area contributed by atoms with Gasteiger partial charge in [-0.2, -0.15) is 11.8 Å².